The molecule has 1 aromatic carbocycles. The van der Waals surface area contributed by atoms with Crippen LogP contribution in [0, 0.1) is 0 Å². The van der Waals surface area contributed by atoms with Crippen molar-refractivity contribution in [2.45, 2.75) is 31.8 Å². The zero-order valence-corrected chi connectivity index (χ0v) is 12.6. The second-order valence-electron chi connectivity index (χ2n) is 5.90. The molecular weight excluding hydrogens is 252 g/mol. The van der Waals surface area contributed by atoms with Gasteiger partial charge in [0.25, 0.3) is 0 Å². The zero-order valence-electron chi connectivity index (χ0n) is 12.6. The van der Waals surface area contributed by atoms with E-state index in [4.69, 9.17) is 9.47 Å². The van der Waals surface area contributed by atoms with E-state index in [0.29, 0.717) is 6.04 Å². The van der Waals surface area contributed by atoms with E-state index < -0.39 is 0 Å². The molecule has 0 unspecified atom stereocenters. The molecule has 1 atom stereocenters. The van der Waals surface area contributed by atoms with E-state index in [-0.39, 0.29) is 0 Å². The van der Waals surface area contributed by atoms with Crippen LogP contribution in [0.4, 0.5) is 0 Å². The maximum atomic E-state index is 5.67. The van der Waals surface area contributed by atoms with Crippen molar-refractivity contribution in [2.24, 2.45) is 0 Å². The lowest BCUT2D eigenvalue weighted by molar-refractivity contribution is -0.952. The van der Waals surface area contributed by atoms with Crippen LogP contribution in [-0.4, -0.2) is 33.9 Å². The lowest BCUT2D eigenvalue weighted by atomic mass is 9.92. The van der Waals surface area contributed by atoms with Gasteiger partial charge in [-0.3, -0.25) is 0 Å². The van der Waals surface area contributed by atoms with Crippen LogP contribution >= 0.6 is 0 Å². The van der Waals surface area contributed by atoms with E-state index in [9.17, 15) is 0 Å². The Hall–Kier alpha value is -1.26. The quantitative estimate of drug-likeness (QED) is 0.810. The number of hydrogen-bond acceptors (Lipinski definition) is 2. The van der Waals surface area contributed by atoms with Crippen molar-refractivity contribution in [1.82, 2.24) is 0 Å². The first-order chi connectivity index (χ1) is 9.83. The number of methoxy groups -OCH3 is 2. The fourth-order valence-corrected chi connectivity index (χ4v) is 3.76. The maximum Gasteiger partial charge on any atom is 0.167 e. The number of piperidine rings is 1. The number of rotatable bonds is 3. The second-order valence-corrected chi connectivity index (χ2v) is 5.90. The van der Waals surface area contributed by atoms with Crippen LogP contribution in [0.25, 0.3) is 0 Å². The smallest absolute Gasteiger partial charge is 0.167 e. The molecular formula is C16H26N2O2+2. The lowest BCUT2D eigenvalue weighted by Gasteiger charge is -2.34. The third-order valence-corrected chi connectivity index (χ3v) is 4.76. The molecule has 2 aliphatic rings. The van der Waals surface area contributed by atoms with E-state index in [2.05, 4.69) is 11.4 Å². The average molecular weight is 278 g/mol. The summed E-state index contributed by atoms with van der Waals surface area (Å²) in [5.74, 6) is 1.92. The molecule has 0 radical (unpaired) electrons. The highest BCUT2D eigenvalue weighted by Crippen LogP contribution is 2.33. The van der Waals surface area contributed by atoms with Gasteiger partial charge in [-0.2, -0.15) is 0 Å². The highest BCUT2D eigenvalue weighted by Gasteiger charge is 2.35. The van der Waals surface area contributed by atoms with Crippen LogP contribution in [-0.2, 0) is 6.54 Å². The van der Waals surface area contributed by atoms with Crippen molar-refractivity contribution in [1.29, 1.82) is 0 Å². The molecule has 3 N–H and O–H groups in total. The molecule has 0 amide bonds. The topological polar surface area (TPSA) is 39.5 Å². The monoisotopic (exact) mass is 278 g/mol. The van der Waals surface area contributed by atoms with Gasteiger partial charge in [0.05, 0.1) is 32.9 Å². The van der Waals surface area contributed by atoms with Crippen LogP contribution in [0.15, 0.2) is 12.1 Å². The van der Waals surface area contributed by atoms with Gasteiger partial charge in [0, 0.05) is 11.6 Å². The number of nitrogens with two attached hydrogens (primary N) is 1. The standard InChI is InChI=1S/C16H24N2O2/c1-19-13-8-12-10-17-11-14(16(12)15(9-13)20-2)18-6-4-3-5-7-18/h8-9,14,17H,3-7,10-11H2,1-2H3/p+2/t14-/m1/s1. The predicted molar refractivity (Wildman–Crippen MR) is 77.3 cm³/mol. The molecule has 20 heavy (non-hydrogen) atoms. The fraction of sp³-hybridized carbons (Fsp3) is 0.625. The Kier molecular flexibility index (Phi) is 4.13. The number of ether oxygens (including phenoxy) is 2. The molecule has 4 nitrogen and oxygen atoms in total. The normalized spacial score (nSPS) is 23.2. The molecule has 0 spiro atoms. The Morgan fingerprint density at radius 3 is 2.60 bits per heavy atom. The first-order valence-corrected chi connectivity index (χ1v) is 7.74. The van der Waals surface area contributed by atoms with Crippen LogP contribution in [0.5, 0.6) is 11.5 Å². The number of nitrogens with one attached hydrogen (secondary N) is 1. The number of likely N-dealkylation sites (tertiary alicyclic amines) is 1. The molecule has 2 heterocycles. The Bertz CT molecular complexity index is 453. The minimum Gasteiger partial charge on any atom is -0.497 e. The molecule has 0 saturated carbocycles. The summed E-state index contributed by atoms with van der Waals surface area (Å²) in [5, 5.41) is 2.42. The molecule has 1 saturated heterocycles. The Morgan fingerprint density at radius 2 is 1.90 bits per heavy atom. The van der Waals surface area contributed by atoms with E-state index in [1.54, 1.807) is 19.1 Å². The third kappa shape index (κ3) is 2.50. The van der Waals surface area contributed by atoms with E-state index in [1.807, 2.05) is 6.07 Å². The van der Waals surface area contributed by atoms with Crippen LogP contribution in [0.1, 0.15) is 36.4 Å². The van der Waals surface area contributed by atoms with Crippen molar-refractivity contribution in [2.75, 3.05) is 33.9 Å². The highest BCUT2D eigenvalue weighted by atomic mass is 16.5. The van der Waals surface area contributed by atoms with Crippen LogP contribution in [0.3, 0.4) is 0 Å². The third-order valence-electron chi connectivity index (χ3n) is 4.76. The summed E-state index contributed by atoms with van der Waals surface area (Å²) >= 11 is 0. The summed E-state index contributed by atoms with van der Waals surface area (Å²) in [4.78, 5) is 1.73. The van der Waals surface area contributed by atoms with E-state index >= 15 is 0 Å². The molecule has 0 aromatic heterocycles. The minimum absolute atomic E-state index is 0.569. The second kappa shape index (κ2) is 6.02. The molecule has 4 heteroatoms. The summed E-state index contributed by atoms with van der Waals surface area (Å²) in [7, 11) is 3.50. The average Bonchev–Trinajstić information content (AvgIpc) is 2.53. The molecule has 1 aromatic rings. The zero-order chi connectivity index (χ0) is 13.9. The summed E-state index contributed by atoms with van der Waals surface area (Å²) in [5.41, 5.74) is 2.81. The highest BCUT2D eigenvalue weighted by molar-refractivity contribution is 5.48. The van der Waals surface area contributed by atoms with Gasteiger partial charge in [-0.05, 0) is 25.3 Å². The molecule has 0 aliphatic carbocycles. The molecule has 1 fully saturated rings. The maximum absolute atomic E-state index is 5.67. The van der Waals surface area contributed by atoms with Crippen molar-refractivity contribution >= 4 is 0 Å². The van der Waals surface area contributed by atoms with E-state index in [1.165, 1.54) is 50.0 Å². The van der Waals surface area contributed by atoms with Crippen LogP contribution in [0.2, 0.25) is 0 Å². The molecule has 2 aliphatic heterocycles. The Labute approximate surface area is 121 Å². The van der Waals surface area contributed by atoms with Crippen molar-refractivity contribution in [3.63, 3.8) is 0 Å². The van der Waals surface area contributed by atoms with Crippen LogP contribution < -0.4 is 19.7 Å². The molecule has 0 bridgehead atoms. The van der Waals surface area contributed by atoms with Gasteiger partial charge >= 0.3 is 0 Å². The van der Waals surface area contributed by atoms with Crippen molar-refractivity contribution in [3.8, 4) is 11.5 Å². The Balaban J connectivity index is 1.97. The summed E-state index contributed by atoms with van der Waals surface area (Å²) in [6.07, 6.45) is 4.12. The first kappa shape index (κ1) is 13.7. The minimum atomic E-state index is 0.569. The van der Waals surface area contributed by atoms with Gasteiger partial charge in [-0.15, -0.1) is 0 Å². The number of quaternary nitrogens is 2. The van der Waals surface area contributed by atoms with Gasteiger partial charge in [-0.25, -0.2) is 0 Å². The molecule has 3 rings (SSSR count). The summed E-state index contributed by atoms with van der Waals surface area (Å²) < 4.78 is 11.1. The SMILES string of the molecule is COc1cc2c(c(OC)c1)[C@H]([NH+]1CCCCC1)C[NH2+]C2. The molecule has 110 valence electrons. The van der Waals surface area contributed by atoms with E-state index in [0.717, 1.165) is 18.0 Å². The van der Waals surface area contributed by atoms with Gasteiger partial charge in [0.2, 0.25) is 0 Å². The Morgan fingerprint density at radius 1 is 1.10 bits per heavy atom. The van der Waals surface area contributed by atoms with Crippen molar-refractivity contribution < 1.29 is 19.7 Å². The fourth-order valence-electron chi connectivity index (χ4n) is 3.76. The van der Waals surface area contributed by atoms with Gasteiger partial charge in [0.1, 0.15) is 24.6 Å². The van der Waals surface area contributed by atoms with Gasteiger partial charge in [-0.1, -0.05) is 0 Å². The van der Waals surface area contributed by atoms with Gasteiger partial charge in [0.15, 0.2) is 6.04 Å². The summed E-state index contributed by atoms with van der Waals surface area (Å²) in [6, 6.07) is 4.80. The number of benzene rings is 1. The lowest BCUT2D eigenvalue weighted by Crippen LogP contribution is -3.16. The number of hydrogen-bond donors (Lipinski definition) is 2. The first-order valence-electron chi connectivity index (χ1n) is 7.74. The van der Waals surface area contributed by atoms with Crippen molar-refractivity contribution in [3.05, 3.63) is 23.3 Å². The number of fused-ring (bicyclic) bond motifs is 1. The summed E-state index contributed by atoms with van der Waals surface area (Å²) in [6.45, 7) is 4.80. The predicted octanol–water partition coefficient (Wildman–Crippen LogP) is -0.109. The van der Waals surface area contributed by atoms with Gasteiger partial charge < -0.3 is 19.7 Å². The largest absolute Gasteiger partial charge is 0.497 e.